The summed E-state index contributed by atoms with van der Waals surface area (Å²) in [5, 5.41) is 2.55. The first-order valence-corrected chi connectivity index (χ1v) is 8.65. The zero-order chi connectivity index (χ0) is 17.2. The summed E-state index contributed by atoms with van der Waals surface area (Å²) in [6.45, 7) is 1.61. The first kappa shape index (κ1) is 17.4. The quantitative estimate of drug-likeness (QED) is 0.782. The summed E-state index contributed by atoms with van der Waals surface area (Å²) in [7, 11) is -0.611. The highest BCUT2D eigenvalue weighted by Gasteiger charge is 2.40. The molecule has 1 aromatic carbocycles. The Morgan fingerprint density at radius 1 is 1.26 bits per heavy atom. The molecule has 1 fully saturated rings. The van der Waals surface area contributed by atoms with Crippen LogP contribution >= 0.6 is 0 Å². The molecule has 23 heavy (non-hydrogen) atoms. The van der Waals surface area contributed by atoms with Crippen LogP contribution in [0.15, 0.2) is 29.2 Å². The van der Waals surface area contributed by atoms with Gasteiger partial charge in [-0.05, 0) is 36.6 Å². The summed E-state index contributed by atoms with van der Waals surface area (Å²) in [6, 6.07) is 5.78. The number of amides is 1. The van der Waals surface area contributed by atoms with Crippen molar-refractivity contribution in [1.29, 1.82) is 0 Å². The lowest BCUT2D eigenvalue weighted by Crippen LogP contribution is -2.23. The van der Waals surface area contributed by atoms with E-state index in [-0.39, 0.29) is 23.4 Å². The van der Waals surface area contributed by atoms with Gasteiger partial charge in [0.2, 0.25) is 10.0 Å². The number of carbonyl (C=O) groups excluding carboxylic acids is 2. The number of ether oxygens (including phenoxy) is 1. The fourth-order valence-corrected chi connectivity index (χ4v) is 2.91. The summed E-state index contributed by atoms with van der Waals surface area (Å²) in [4.78, 5) is 23.4. The van der Waals surface area contributed by atoms with Crippen molar-refractivity contribution in [1.82, 2.24) is 4.31 Å². The van der Waals surface area contributed by atoms with Crippen molar-refractivity contribution in [2.24, 2.45) is 11.8 Å². The molecule has 2 rings (SSSR count). The van der Waals surface area contributed by atoms with Crippen molar-refractivity contribution < 1.29 is 22.7 Å². The molecule has 1 saturated carbocycles. The summed E-state index contributed by atoms with van der Waals surface area (Å²) >= 11 is 0. The molecule has 1 N–H and O–H groups in total. The molecule has 1 amide bonds. The minimum Gasteiger partial charge on any atom is -0.455 e. The molecule has 1 aliphatic carbocycles. The van der Waals surface area contributed by atoms with Crippen LogP contribution in [-0.2, 0) is 24.3 Å². The monoisotopic (exact) mass is 340 g/mol. The SMILES string of the molecule is C[C@H]1C[C@@H]1C(=O)OCC(=O)Nc1ccc(S(=O)(=O)N(C)C)cc1. The van der Waals surface area contributed by atoms with Crippen LogP contribution in [0.2, 0.25) is 0 Å². The Hall–Kier alpha value is -1.93. The van der Waals surface area contributed by atoms with E-state index in [2.05, 4.69) is 5.32 Å². The Kier molecular flexibility index (Phi) is 5.06. The average molecular weight is 340 g/mol. The van der Waals surface area contributed by atoms with Gasteiger partial charge in [-0.2, -0.15) is 0 Å². The third-order valence-corrected chi connectivity index (χ3v) is 5.50. The smallest absolute Gasteiger partial charge is 0.309 e. The number of carbonyl (C=O) groups is 2. The van der Waals surface area contributed by atoms with Crippen molar-refractivity contribution in [3.05, 3.63) is 24.3 Å². The fourth-order valence-electron chi connectivity index (χ4n) is 2.01. The highest BCUT2D eigenvalue weighted by atomic mass is 32.2. The molecule has 1 aromatic rings. The van der Waals surface area contributed by atoms with Gasteiger partial charge in [0.15, 0.2) is 6.61 Å². The lowest BCUT2D eigenvalue weighted by Gasteiger charge is -2.12. The Bertz CT molecular complexity index is 697. The molecule has 0 spiro atoms. The molecular formula is C15H20N2O5S. The van der Waals surface area contributed by atoms with Gasteiger partial charge in [-0.3, -0.25) is 9.59 Å². The topological polar surface area (TPSA) is 92.8 Å². The average Bonchev–Trinajstić information content (AvgIpc) is 3.22. The second kappa shape index (κ2) is 6.67. The Morgan fingerprint density at radius 3 is 2.30 bits per heavy atom. The highest BCUT2D eigenvalue weighted by Crippen LogP contribution is 2.38. The van der Waals surface area contributed by atoms with Crippen molar-refractivity contribution >= 4 is 27.6 Å². The maximum absolute atomic E-state index is 11.9. The Labute approximate surface area is 135 Å². The van der Waals surface area contributed by atoms with Crippen LogP contribution in [0.5, 0.6) is 0 Å². The van der Waals surface area contributed by atoms with Crippen LogP contribution in [0.4, 0.5) is 5.69 Å². The second-order valence-electron chi connectivity index (χ2n) is 5.79. The number of esters is 1. The van der Waals surface area contributed by atoms with E-state index in [1.54, 1.807) is 0 Å². The summed E-state index contributed by atoms with van der Waals surface area (Å²) in [5.41, 5.74) is 0.434. The molecule has 0 aliphatic heterocycles. The van der Waals surface area contributed by atoms with E-state index in [9.17, 15) is 18.0 Å². The van der Waals surface area contributed by atoms with Gasteiger partial charge >= 0.3 is 5.97 Å². The van der Waals surface area contributed by atoms with Gasteiger partial charge in [0.25, 0.3) is 5.91 Å². The minimum atomic E-state index is -3.50. The van der Waals surface area contributed by atoms with Crippen LogP contribution in [-0.4, -0.2) is 45.3 Å². The lowest BCUT2D eigenvalue weighted by molar-refractivity contribution is -0.148. The number of hydrogen-bond acceptors (Lipinski definition) is 5. The predicted octanol–water partition coefficient (Wildman–Crippen LogP) is 1.07. The van der Waals surface area contributed by atoms with E-state index < -0.39 is 15.9 Å². The number of rotatable bonds is 6. The molecule has 126 valence electrons. The predicted molar refractivity (Wildman–Crippen MR) is 84.2 cm³/mol. The van der Waals surface area contributed by atoms with Gasteiger partial charge in [-0.25, -0.2) is 12.7 Å². The first-order valence-electron chi connectivity index (χ1n) is 7.21. The lowest BCUT2D eigenvalue weighted by atomic mass is 10.3. The van der Waals surface area contributed by atoms with E-state index in [1.165, 1.54) is 38.4 Å². The summed E-state index contributed by atoms with van der Waals surface area (Å²) in [6.07, 6.45) is 0.808. The number of hydrogen-bond donors (Lipinski definition) is 1. The number of anilines is 1. The van der Waals surface area contributed by atoms with Crippen LogP contribution in [0.25, 0.3) is 0 Å². The normalized spacial score (nSPS) is 20.2. The largest absolute Gasteiger partial charge is 0.455 e. The van der Waals surface area contributed by atoms with Crippen molar-refractivity contribution in [2.75, 3.05) is 26.0 Å². The summed E-state index contributed by atoms with van der Waals surface area (Å²) < 4.78 is 29.9. The standard InChI is InChI=1S/C15H20N2O5S/c1-10-8-13(10)15(19)22-9-14(18)16-11-4-6-12(7-5-11)23(20,21)17(2)3/h4-7,10,13H,8-9H2,1-3H3,(H,16,18)/t10-,13-/m0/s1. The molecule has 0 aromatic heterocycles. The van der Waals surface area contributed by atoms with Gasteiger partial charge in [0.1, 0.15) is 0 Å². The van der Waals surface area contributed by atoms with E-state index >= 15 is 0 Å². The van der Waals surface area contributed by atoms with Gasteiger partial charge in [-0.1, -0.05) is 6.92 Å². The molecule has 0 bridgehead atoms. The van der Waals surface area contributed by atoms with Crippen molar-refractivity contribution in [3.63, 3.8) is 0 Å². The van der Waals surface area contributed by atoms with Gasteiger partial charge in [0, 0.05) is 19.8 Å². The number of sulfonamides is 1. The van der Waals surface area contributed by atoms with Gasteiger partial charge in [0.05, 0.1) is 10.8 Å². The number of benzene rings is 1. The van der Waals surface area contributed by atoms with Crippen molar-refractivity contribution in [3.8, 4) is 0 Å². The van der Waals surface area contributed by atoms with E-state index in [0.29, 0.717) is 11.6 Å². The minimum absolute atomic E-state index is 0.0849. The van der Waals surface area contributed by atoms with Crippen LogP contribution in [0, 0.1) is 11.8 Å². The third kappa shape index (κ3) is 4.29. The highest BCUT2D eigenvalue weighted by molar-refractivity contribution is 7.89. The van der Waals surface area contributed by atoms with Crippen LogP contribution in [0.1, 0.15) is 13.3 Å². The van der Waals surface area contributed by atoms with E-state index in [0.717, 1.165) is 10.7 Å². The Morgan fingerprint density at radius 2 is 1.83 bits per heavy atom. The first-order chi connectivity index (χ1) is 10.7. The molecule has 0 heterocycles. The molecule has 2 atom stereocenters. The van der Waals surface area contributed by atoms with Crippen LogP contribution < -0.4 is 5.32 Å². The number of nitrogens with one attached hydrogen (secondary N) is 1. The molecule has 0 radical (unpaired) electrons. The van der Waals surface area contributed by atoms with E-state index in [1.807, 2.05) is 6.92 Å². The maximum Gasteiger partial charge on any atom is 0.309 e. The maximum atomic E-state index is 11.9. The van der Waals surface area contributed by atoms with Crippen LogP contribution in [0.3, 0.4) is 0 Å². The zero-order valence-corrected chi connectivity index (χ0v) is 14.1. The summed E-state index contributed by atoms with van der Waals surface area (Å²) in [5.74, 6) is -0.565. The fraction of sp³-hybridized carbons (Fsp3) is 0.467. The zero-order valence-electron chi connectivity index (χ0n) is 13.3. The molecular weight excluding hydrogens is 320 g/mol. The molecule has 8 heteroatoms. The molecule has 0 unspecified atom stereocenters. The second-order valence-corrected chi connectivity index (χ2v) is 7.94. The van der Waals surface area contributed by atoms with Crippen molar-refractivity contribution in [2.45, 2.75) is 18.2 Å². The van der Waals surface area contributed by atoms with Gasteiger partial charge in [-0.15, -0.1) is 0 Å². The molecule has 0 saturated heterocycles. The Balaban J connectivity index is 1.88. The molecule has 1 aliphatic rings. The molecule has 7 nitrogen and oxygen atoms in total. The van der Waals surface area contributed by atoms with E-state index in [4.69, 9.17) is 4.74 Å². The van der Waals surface area contributed by atoms with Gasteiger partial charge < -0.3 is 10.1 Å². The third-order valence-electron chi connectivity index (χ3n) is 3.67. The number of nitrogens with zero attached hydrogens (tertiary/aromatic N) is 1.